The number of rotatable bonds is 8. The number of carbonyl (C=O) groups excluding carboxylic acids is 3. The number of urea groups is 1. The van der Waals surface area contributed by atoms with Gasteiger partial charge < -0.3 is 10.2 Å². The summed E-state index contributed by atoms with van der Waals surface area (Å²) in [5.74, 6) is -1.41. The quantitative estimate of drug-likeness (QED) is 0.275. The SMILES string of the molecule is CCCCCCCCN1C(=O)NC2(CCN(C(=O)c3cc(C(F)(F)F)cc(C(F)(F)F)c3)CC2)C1=O. The van der Waals surface area contributed by atoms with Crippen molar-refractivity contribution in [1.29, 1.82) is 0 Å². The van der Waals surface area contributed by atoms with Crippen molar-refractivity contribution in [2.24, 2.45) is 0 Å². The van der Waals surface area contributed by atoms with Crippen molar-refractivity contribution < 1.29 is 40.7 Å². The molecule has 1 N–H and O–H groups in total. The van der Waals surface area contributed by atoms with E-state index in [0.717, 1.165) is 41.9 Å². The highest BCUT2D eigenvalue weighted by Gasteiger charge is 2.52. The lowest BCUT2D eigenvalue weighted by atomic mass is 9.87. The molecule has 2 aliphatic heterocycles. The van der Waals surface area contributed by atoms with Gasteiger partial charge in [0, 0.05) is 25.2 Å². The summed E-state index contributed by atoms with van der Waals surface area (Å²) >= 11 is 0. The van der Waals surface area contributed by atoms with E-state index < -0.39 is 52.4 Å². The molecule has 0 bridgehead atoms. The molecule has 1 spiro atoms. The Bertz CT molecular complexity index is 952. The van der Waals surface area contributed by atoms with Gasteiger partial charge in [0.05, 0.1) is 11.1 Å². The number of alkyl halides is 6. The molecule has 2 heterocycles. The summed E-state index contributed by atoms with van der Waals surface area (Å²) in [6.07, 6.45) is -4.24. The molecule has 0 saturated carbocycles. The van der Waals surface area contributed by atoms with Gasteiger partial charge in [-0.25, -0.2) is 4.79 Å². The lowest BCUT2D eigenvalue weighted by Gasteiger charge is -2.37. The van der Waals surface area contributed by atoms with Gasteiger partial charge in [-0.05, 0) is 37.5 Å². The highest BCUT2D eigenvalue weighted by molar-refractivity contribution is 6.07. The number of nitrogens with one attached hydrogen (secondary N) is 1. The molecule has 200 valence electrons. The van der Waals surface area contributed by atoms with Crippen molar-refractivity contribution in [3.63, 3.8) is 0 Å². The molecular formula is C24H29F6N3O3. The van der Waals surface area contributed by atoms with E-state index in [9.17, 15) is 40.7 Å². The number of amides is 4. The largest absolute Gasteiger partial charge is 0.416 e. The Morgan fingerprint density at radius 2 is 1.42 bits per heavy atom. The van der Waals surface area contributed by atoms with Crippen molar-refractivity contribution in [3.8, 4) is 0 Å². The average molecular weight is 522 g/mol. The van der Waals surface area contributed by atoms with Gasteiger partial charge in [0.25, 0.3) is 11.8 Å². The minimum atomic E-state index is -5.07. The van der Waals surface area contributed by atoms with E-state index in [1.165, 1.54) is 0 Å². The Morgan fingerprint density at radius 1 is 0.889 bits per heavy atom. The number of halogens is 6. The molecule has 0 atom stereocenters. The normalized spacial score (nSPS) is 18.2. The third-order valence-corrected chi connectivity index (χ3v) is 6.72. The number of piperidine rings is 1. The second-order valence-corrected chi connectivity index (χ2v) is 9.32. The first-order valence-electron chi connectivity index (χ1n) is 12.0. The Morgan fingerprint density at radius 3 is 1.94 bits per heavy atom. The first-order chi connectivity index (χ1) is 16.8. The fourth-order valence-electron chi connectivity index (χ4n) is 4.62. The number of imide groups is 1. The minimum absolute atomic E-state index is 0.0153. The number of hydrogen-bond donors (Lipinski definition) is 1. The van der Waals surface area contributed by atoms with E-state index in [1.54, 1.807) is 0 Å². The molecule has 0 unspecified atom stereocenters. The molecule has 1 aromatic carbocycles. The van der Waals surface area contributed by atoms with Gasteiger partial charge in [-0.2, -0.15) is 26.3 Å². The molecule has 36 heavy (non-hydrogen) atoms. The van der Waals surface area contributed by atoms with Crippen LogP contribution in [0.4, 0.5) is 31.1 Å². The summed E-state index contributed by atoms with van der Waals surface area (Å²) in [5, 5.41) is 2.69. The van der Waals surface area contributed by atoms with Gasteiger partial charge in [0.2, 0.25) is 0 Å². The Labute approximate surface area is 205 Å². The van der Waals surface area contributed by atoms with Crippen molar-refractivity contribution in [3.05, 3.63) is 34.9 Å². The van der Waals surface area contributed by atoms with Gasteiger partial charge in [-0.1, -0.05) is 39.0 Å². The van der Waals surface area contributed by atoms with E-state index in [4.69, 9.17) is 0 Å². The van der Waals surface area contributed by atoms with Gasteiger partial charge in [-0.15, -0.1) is 0 Å². The fraction of sp³-hybridized carbons (Fsp3) is 0.625. The van der Waals surface area contributed by atoms with Crippen molar-refractivity contribution in [2.45, 2.75) is 76.2 Å². The maximum atomic E-state index is 13.1. The maximum Gasteiger partial charge on any atom is 0.416 e. The number of carbonyl (C=O) groups is 3. The van der Waals surface area contributed by atoms with Crippen molar-refractivity contribution >= 4 is 17.8 Å². The Kier molecular flexibility index (Phi) is 8.24. The van der Waals surface area contributed by atoms with E-state index in [0.29, 0.717) is 18.6 Å². The number of hydrogen-bond acceptors (Lipinski definition) is 3. The Balaban J connectivity index is 1.66. The Hall–Kier alpha value is -2.79. The molecule has 2 aliphatic rings. The molecule has 12 heteroatoms. The van der Waals surface area contributed by atoms with Crippen LogP contribution in [-0.4, -0.2) is 52.8 Å². The number of unbranched alkanes of at least 4 members (excludes halogenated alkanes) is 5. The number of benzene rings is 1. The van der Waals surface area contributed by atoms with Crippen LogP contribution in [0.1, 0.15) is 79.8 Å². The summed E-state index contributed by atoms with van der Waals surface area (Å²) in [7, 11) is 0. The zero-order chi connectivity index (χ0) is 26.7. The molecule has 3 rings (SSSR count). The maximum absolute atomic E-state index is 13.1. The molecule has 1 aromatic rings. The number of nitrogens with zero attached hydrogens (tertiary/aromatic N) is 2. The van der Waals surface area contributed by atoms with Crippen LogP contribution < -0.4 is 5.32 Å². The lowest BCUT2D eigenvalue weighted by molar-refractivity contribution is -0.143. The highest BCUT2D eigenvalue weighted by Crippen LogP contribution is 2.37. The third kappa shape index (κ3) is 6.12. The van der Waals surface area contributed by atoms with Crippen LogP contribution in [-0.2, 0) is 17.1 Å². The third-order valence-electron chi connectivity index (χ3n) is 6.72. The molecule has 6 nitrogen and oxygen atoms in total. The van der Waals surface area contributed by atoms with Crippen LogP contribution >= 0.6 is 0 Å². The van der Waals surface area contributed by atoms with Crippen molar-refractivity contribution in [1.82, 2.24) is 15.1 Å². The molecule has 2 fully saturated rings. The molecular weight excluding hydrogens is 492 g/mol. The van der Waals surface area contributed by atoms with Gasteiger partial charge in [-0.3, -0.25) is 14.5 Å². The van der Waals surface area contributed by atoms with Crippen LogP contribution in [0.5, 0.6) is 0 Å². The van der Waals surface area contributed by atoms with E-state index >= 15 is 0 Å². The van der Waals surface area contributed by atoms with E-state index in [-0.39, 0.29) is 38.5 Å². The van der Waals surface area contributed by atoms with E-state index in [1.807, 2.05) is 0 Å². The minimum Gasteiger partial charge on any atom is -0.338 e. The van der Waals surface area contributed by atoms with Gasteiger partial charge in [0.1, 0.15) is 5.54 Å². The lowest BCUT2D eigenvalue weighted by Crippen LogP contribution is -2.55. The van der Waals surface area contributed by atoms with Crippen LogP contribution in [0.3, 0.4) is 0 Å². The zero-order valence-electron chi connectivity index (χ0n) is 19.9. The van der Waals surface area contributed by atoms with Crippen LogP contribution in [0.2, 0.25) is 0 Å². The summed E-state index contributed by atoms with van der Waals surface area (Å²) in [5.41, 5.74) is -5.10. The summed E-state index contributed by atoms with van der Waals surface area (Å²) in [4.78, 5) is 40.5. The number of likely N-dealkylation sites (tertiary alicyclic amines) is 1. The predicted molar refractivity (Wildman–Crippen MR) is 118 cm³/mol. The average Bonchev–Trinajstić information content (AvgIpc) is 3.03. The second kappa shape index (κ2) is 10.7. The molecule has 0 aliphatic carbocycles. The predicted octanol–water partition coefficient (Wildman–Crippen LogP) is 5.61. The van der Waals surface area contributed by atoms with Crippen molar-refractivity contribution in [2.75, 3.05) is 19.6 Å². The zero-order valence-corrected chi connectivity index (χ0v) is 19.9. The first-order valence-corrected chi connectivity index (χ1v) is 12.0. The highest BCUT2D eigenvalue weighted by atomic mass is 19.4. The molecule has 2 saturated heterocycles. The summed E-state index contributed by atoms with van der Waals surface area (Å²) < 4.78 is 78.9. The van der Waals surface area contributed by atoms with E-state index in [2.05, 4.69) is 12.2 Å². The standard InChI is InChI=1S/C24H29F6N3O3/c1-2-3-4-5-6-7-10-33-20(35)22(31-21(33)36)8-11-32(12-9-22)19(34)16-13-17(23(25,26)27)15-18(14-16)24(28,29)30/h13-15H,2-12H2,1H3,(H,31,36). The summed E-state index contributed by atoms with van der Waals surface area (Å²) in [6, 6.07) is 0.230. The molecule has 0 radical (unpaired) electrons. The molecule has 4 amide bonds. The van der Waals surface area contributed by atoms with Gasteiger partial charge >= 0.3 is 18.4 Å². The summed E-state index contributed by atoms with van der Waals surface area (Å²) in [6.45, 7) is 2.16. The monoisotopic (exact) mass is 521 g/mol. The van der Waals surface area contributed by atoms with Gasteiger partial charge in [0.15, 0.2) is 0 Å². The second-order valence-electron chi connectivity index (χ2n) is 9.32. The topological polar surface area (TPSA) is 69.7 Å². The van der Waals surface area contributed by atoms with Crippen LogP contribution in [0.15, 0.2) is 18.2 Å². The van der Waals surface area contributed by atoms with Crippen LogP contribution in [0, 0.1) is 0 Å². The smallest absolute Gasteiger partial charge is 0.338 e. The van der Waals surface area contributed by atoms with Crippen LogP contribution in [0.25, 0.3) is 0 Å². The fourth-order valence-corrected chi connectivity index (χ4v) is 4.62. The first kappa shape index (κ1) is 27.8. The molecule has 0 aromatic heterocycles.